The predicted molar refractivity (Wildman–Crippen MR) is 134 cm³/mol. The highest BCUT2D eigenvalue weighted by Gasteiger charge is 2.13. The molecule has 2 rings (SSSR count). The van der Waals surface area contributed by atoms with E-state index in [4.69, 9.17) is 23.7 Å². The Labute approximate surface area is 201 Å². The van der Waals surface area contributed by atoms with Crippen LogP contribution in [-0.2, 0) is 6.54 Å². The highest BCUT2D eigenvalue weighted by atomic mass is 127. The Hall–Kier alpha value is -2.56. The zero-order valence-corrected chi connectivity index (χ0v) is 21.2. The van der Waals surface area contributed by atoms with Crippen molar-refractivity contribution in [3.05, 3.63) is 35.9 Å². The first-order chi connectivity index (χ1) is 14.6. The van der Waals surface area contributed by atoms with E-state index in [9.17, 15) is 0 Å². The molecule has 0 atom stereocenters. The first-order valence-corrected chi connectivity index (χ1v) is 9.75. The highest BCUT2D eigenvalue weighted by Crippen LogP contribution is 2.38. The number of halogens is 1. The van der Waals surface area contributed by atoms with E-state index in [1.54, 1.807) is 28.4 Å². The minimum Gasteiger partial charge on any atom is -0.493 e. The molecular weight excluding hydrogens is 513 g/mol. The second-order valence-corrected chi connectivity index (χ2v) is 6.15. The number of nitrogens with zero attached hydrogens (tertiary/aromatic N) is 1. The van der Waals surface area contributed by atoms with E-state index in [1.807, 2.05) is 44.2 Å². The third-order valence-electron chi connectivity index (χ3n) is 4.21. The average Bonchev–Trinajstić information content (AvgIpc) is 2.77. The van der Waals surface area contributed by atoms with Crippen molar-refractivity contribution >= 4 is 35.6 Å². The summed E-state index contributed by atoms with van der Waals surface area (Å²) in [6.07, 6.45) is 0. The molecule has 0 radical (unpaired) electrons. The van der Waals surface area contributed by atoms with Gasteiger partial charge in [0.05, 0.1) is 41.6 Å². The number of anilines is 1. The molecule has 172 valence electrons. The minimum atomic E-state index is 0. The molecule has 0 saturated carbocycles. The maximum Gasteiger partial charge on any atom is 0.203 e. The van der Waals surface area contributed by atoms with Crippen molar-refractivity contribution in [2.45, 2.75) is 20.4 Å². The molecule has 9 heteroatoms. The van der Waals surface area contributed by atoms with Gasteiger partial charge in [-0.2, -0.15) is 0 Å². The lowest BCUT2D eigenvalue weighted by atomic mass is 10.2. The number of hydrogen-bond acceptors (Lipinski definition) is 6. The molecule has 0 heterocycles. The van der Waals surface area contributed by atoms with Crippen LogP contribution in [0.4, 0.5) is 5.69 Å². The van der Waals surface area contributed by atoms with Gasteiger partial charge in [0.15, 0.2) is 29.0 Å². The second-order valence-electron chi connectivity index (χ2n) is 6.15. The summed E-state index contributed by atoms with van der Waals surface area (Å²) < 4.78 is 27.2. The van der Waals surface area contributed by atoms with Crippen molar-refractivity contribution in [2.24, 2.45) is 4.99 Å². The largest absolute Gasteiger partial charge is 0.493 e. The summed E-state index contributed by atoms with van der Waals surface area (Å²) in [5, 5.41) is 6.53. The number of nitrogens with one attached hydrogen (secondary N) is 2. The molecule has 8 nitrogen and oxygen atoms in total. The lowest BCUT2D eigenvalue weighted by Crippen LogP contribution is -2.30. The maximum atomic E-state index is 5.57. The van der Waals surface area contributed by atoms with Gasteiger partial charge in [-0.25, -0.2) is 4.99 Å². The summed E-state index contributed by atoms with van der Waals surface area (Å²) in [5.41, 5.74) is 1.76. The van der Waals surface area contributed by atoms with Gasteiger partial charge in [-0.3, -0.25) is 0 Å². The van der Waals surface area contributed by atoms with Crippen LogP contribution in [0.3, 0.4) is 0 Å². The summed E-state index contributed by atoms with van der Waals surface area (Å²) in [7, 11) is 6.38. The molecule has 0 saturated heterocycles. The van der Waals surface area contributed by atoms with Gasteiger partial charge in [-0.15, -0.1) is 24.0 Å². The Morgan fingerprint density at radius 1 is 0.839 bits per heavy atom. The van der Waals surface area contributed by atoms with Gasteiger partial charge < -0.3 is 34.3 Å². The van der Waals surface area contributed by atoms with Crippen LogP contribution in [0.5, 0.6) is 28.7 Å². The van der Waals surface area contributed by atoms with Crippen molar-refractivity contribution in [3.8, 4) is 28.7 Å². The fourth-order valence-corrected chi connectivity index (χ4v) is 2.86. The number of benzene rings is 2. The lowest BCUT2D eigenvalue weighted by molar-refractivity contribution is 0.311. The molecule has 0 aromatic heterocycles. The third-order valence-corrected chi connectivity index (χ3v) is 4.21. The summed E-state index contributed by atoms with van der Waals surface area (Å²) in [4.78, 5) is 4.67. The van der Waals surface area contributed by atoms with Crippen molar-refractivity contribution in [2.75, 3.05) is 46.9 Å². The molecule has 0 aliphatic rings. The monoisotopic (exact) mass is 545 g/mol. The summed E-state index contributed by atoms with van der Waals surface area (Å²) in [6, 6.07) is 9.42. The Morgan fingerprint density at radius 3 is 2.00 bits per heavy atom. The maximum absolute atomic E-state index is 5.57. The van der Waals surface area contributed by atoms with E-state index in [1.165, 1.54) is 0 Å². The summed E-state index contributed by atoms with van der Waals surface area (Å²) >= 11 is 0. The molecule has 0 amide bonds. The first kappa shape index (κ1) is 26.5. The predicted octanol–water partition coefficient (Wildman–Crippen LogP) is 4.32. The van der Waals surface area contributed by atoms with Crippen LogP contribution >= 0.6 is 24.0 Å². The number of methoxy groups -OCH3 is 4. The third kappa shape index (κ3) is 7.27. The van der Waals surface area contributed by atoms with E-state index in [-0.39, 0.29) is 24.0 Å². The van der Waals surface area contributed by atoms with Gasteiger partial charge in [0.25, 0.3) is 0 Å². The van der Waals surface area contributed by atoms with E-state index in [2.05, 4.69) is 15.6 Å². The highest BCUT2D eigenvalue weighted by molar-refractivity contribution is 14.0. The van der Waals surface area contributed by atoms with Crippen LogP contribution in [0.15, 0.2) is 35.3 Å². The molecule has 0 unspecified atom stereocenters. The fourth-order valence-electron chi connectivity index (χ4n) is 2.86. The average molecular weight is 545 g/mol. The van der Waals surface area contributed by atoms with Crippen molar-refractivity contribution in [1.29, 1.82) is 0 Å². The van der Waals surface area contributed by atoms with E-state index >= 15 is 0 Å². The van der Waals surface area contributed by atoms with Crippen LogP contribution in [0.1, 0.15) is 19.4 Å². The van der Waals surface area contributed by atoms with E-state index in [0.717, 1.165) is 17.8 Å². The van der Waals surface area contributed by atoms with Crippen LogP contribution in [0.2, 0.25) is 0 Å². The van der Waals surface area contributed by atoms with E-state index < -0.39 is 0 Å². The van der Waals surface area contributed by atoms with Crippen LogP contribution in [0.25, 0.3) is 0 Å². The Bertz CT molecular complexity index is 836. The summed E-state index contributed by atoms with van der Waals surface area (Å²) in [6.45, 7) is 5.65. The number of rotatable bonds is 10. The van der Waals surface area contributed by atoms with Gasteiger partial charge in [-0.05, 0) is 43.7 Å². The Balaban J connectivity index is 0.00000480. The molecule has 0 fully saturated rings. The zero-order valence-electron chi connectivity index (χ0n) is 18.9. The van der Waals surface area contributed by atoms with Gasteiger partial charge in [0, 0.05) is 18.3 Å². The second kappa shape index (κ2) is 13.7. The van der Waals surface area contributed by atoms with E-state index in [0.29, 0.717) is 47.9 Å². The fraction of sp³-hybridized carbons (Fsp3) is 0.409. The number of hydrogen-bond donors (Lipinski definition) is 2. The molecule has 0 aliphatic heterocycles. The molecule has 2 aromatic carbocycles. The van der Waals surface area contributed by atoms with Crippen LogP contribution in [-0.4, -0.2) is 47.6 Å². The zero-order chi connectivity index (χ0) is 21.9. The van der Waals surface area contributed by atoms with Crippen LogP contribution < -0.4 is 34.3 Å². The van der Waals surface area contributed by atoms with Crippen molar-refractivity contribution < 1.29 is 23.7 Å². The molecule has 0 bridgehead atoms. The quantitative estimate of drug-likeness (QED) is 0.262. The lowest BCUT2D eigenvalue weighted by Gasteiger charge is -2.15. The Morgan fingerprint density at radius 2 is 1.48 bits per heavy atom. The number of aliphatic imine (C=N–C) groups is 1. The molecule has 2 N–H and O–H groups in total. The SMILES string of the molecule is CCNC(=NCc1cc(OC)c(OC)c(OC)c1)Nc1ccc(OCC)c(OC)c1.I. The molecule has 0 aliphatic carbocycles. The molecule has 0 spiro atoms. The van der Waals surface area contributed by atoms with Crippen molar-refractivity contribution in [3.63, 3.8) is 0 Å². The summed E-state index contributed by atoms with van der Waals surface area (Å²) in [5.74, 6) is 3.73. The van der Waals surface area contributed by atoms with Gasteiger partial charge in [0.2, 0.25) is 5.75 Å². The first-order valence-electron chi connectivity index (χ1n) is 9.75. The normalized spacial score (nSPS) is 10.6. The molecule has 31 heavy (non-hydrogen) atoms. The smallest absolute Gasteiger partial charge is 0.203 e. The van der Waals surface area contributed by atoms with Crippen LogP contribution in [0, 0.1) is 0 Å². The minimum absolute atomic E-state index is 0. The number of guanidine groups is 1. The Kier molecular flexibility index (Phi) is 11.7. The molecule has 2 aromatic rings. The van der Waals surface area contributed by atoms with Gasteiger partial charge in [-0.1, -0.05) is 0 Å². The van der Waals surface area contributed by atoms with Crippen molar-refractivity contribution in [1.82, 2.24) is 5.32 Å². The standard InChI is InChI=1S/C22H31N3O5.HI/c1-7-23-22(25-16-9-10-17(30-8-2)18(13-16)26-3)24-14-15-11-19(27-4)21(29-6)20(12-15)28-5;/h9-13H,7-8,14H2,1-6H3,(H2,23,24,25);1H. The van der Waals surface area contributed by atoms with Gasteiger partial charge in [0.1, 0.15) is 0 Å². The van der Waals surface area contributed by atoms with Gasteiger partial charge >= 0.3 is 0 Å². The number of ether oxygens (including phenoxy) is 5. The topological polar surface area (TPSA) is 82.6 Å². The molecular formula is C22H32IN3O5.